The Labute approximate surface area is 127 Å². The number of aliphatic hydroxyl groups is 5. The van der Waals surface area contributed by atoms with E-state index in [9.17, 15) is 4.79 Å². The number of rotatable bonds is 5. The molecule has 0 aromatic heterocycles. The van der Waals surface area contributed by atoms with E-state index in [1.54, 1.807) is 0 Å². The first-order valence-corrected chi connectivity index (χ1v) is 3.47. The molecule has 15 heavy (non-hydrogen) atoms. The molecule has 0 aliphatic heterocycles. The molecule has 7 nitrogen and oxygen atoms in total. The summed E-state index contributed by atoms with van der Waals surface area (Å²) < 4.78 is 0. The molecule has 0 bridgehead atoms. The maximum atomic E-state index is 10.1. The van der Waals surface area contributed by atoms with Crippen molar-refractivity contribution in [3.05, 3.63) is 0 Å². The van der Waals surface area contributed by atoms with Crippen molar-refractivity contribution in [2.45, 2.75) is 24.4 Å². The number of carboxylic acid groups (broad SMARTS) is 1. The summed E-state index contributed by atoms with van der Waals surface area (Å²) in [6, 6.07) is 0. The van der Waals surface area contributed by atoms with Crippen molar-refractivity contribution in [2.75, 3.05) is 6.61 Å². The molecule has 0 fully saturated rings. The van der Waals surface area contributed by atoms with Gasteiger partial charge >= 0.3 is 60.0 Å². The number of carbonyl (C=O) groups is 1. The van der Waals surface area contributed by atoms with Gasteiger partial charge in [-0.25, -0.2) is 4.79 Å². The molecule has 9 heteroatoms. The van der Waals surface area contributed by atoms with Crippen LogP contribution in [-0.4, -0.2) is 92.1 Å². The SMILES string of the molecule is O=C(O)[C@H](O)[C@@H](O)[C@H](O)[C@H](O)CO.[H-].[Na+].[SbH3]. The quantitative estimate of drug-likeness (QED) is 0.272. The fourth-order valence-corrected chi connectivity index (χ4v) is 0.668. The van der Waals surface area contributed by atoms with Crippen LogP contribution in [0, 0.1) is 0 Å². The third-order valence-corrected chi connectivity index (χ3v) is 1.51. The average molecular weight is 345 g/mol. The Morgan fingerprint density at radius 1 is 1.13 bits per heavy atom. The fourth-order valence-electron chi connectivity index (χ4n) is 0.668. The van der Waals surface area contributed by atoms with Gasteiger partial charge in [-0.1, -0.05) is 0 Å². The van der Waals surface area contributed by atoms with Crippen LogP contribution in [0.25, 0.3) is 0 Å². The molecule has 0 radical (unpaired) electrons. The molecule has 0 aromatic rings. The van der Waals surface area contributed by atoms with Gasteiger partial charge in [-0.15, -0.1) is 0 Å². The predicted octanol–water partition coefficient (Wildman–Crippen LogP) is -7.56. The molecule has 0 unspecified atom stereocenters. The summed E-state index contributed by atoms with van der Waals surface area (Å²) >= 11 is 0. The second-order valence-electron chi connectivity index (χ2n) is 2.51. The van der Waals surface area contributed by atoms with E-state index in [4.69, 9.17) is 30.6 Å². The molecule has 0 aliphatic rings. The zero-order valence-corrected chi connectivity index (χ0v) is 14.4. The van der Waals surface area contributed by atoms with Crippen molar-refractivity contribution >= 4 is 30.4 Å². The van der Waals surface area contributed by atoms with Gasteiger partial charge in [0.1, 0.15) is 18.3 Å². The van der Waals surface area contributed by atoms with E-state index in [-0.39, 0.29) is 55.4 Å². The van der Waals surface area contributed by atoms with Crippen molar-refractivity contribution in [1.82, 2.24) is 0 Å². The van der Waals surface area contributed by atoms with Gasteiger partial charge in [0.2, 0.25) is 0 Å². The Kier molecular flexibility index (Phi) is 14.6. The van der Waals surface area contributed by atoms with Crippen LogP contribution in [0.4, 0.5) is 0 Å². The first-order valence-electron chi connectivity index (χ1n) is 3.47. The number of hydrogen-bond donors (Lipinski definition) is 6. The van der Waals surface area contributed by atoms with Crippen molar-refractivity contribution in [2.24, 2.45) is 0 Å². The van der Waals surface area contributed by atoms with Gasteiger partial charge < -0.3 is 32.1 Å². The average Bonchev–Trinajstić information content (AvgIpc) is 2.12. The third kappa shape index (κ3) is 7.09. The molecule has 0 aromatic carbocycles. The Bertz CT molecular complexity index is 186. The van der Waals surface area contributed by atoms with E-state index in [2.05, 4.69) is 0 Å². The van der Waals surface area contributed by atoms with Gasteiger partial charge in [0, 0.05) is 0 Å². The summed E-state index contributed by atoms with van der Waals surface area (Å²) in [5.41, 5.74) is 0. The van der Waals surface area contributed by atoms with Crippen molar-refractivity contribution in [3.8, 4) is 0 Å². The molecule has 0 aliphatic carbocycles. The van der Waals surface area contributed by atoms with Crippen LogP contribution < -0.4 is 29.6 Å². The number of hydrogen-bond acceptors (Lipinski definition) is 6. The Hall–Kier alpha value is 1.09. The van der Waals surface area contributed by atoms with Crippen LogP contribution in [-0.2, 0) is 4.79 Å². The first-order chi connectivity index (χ1) is 5.91. The normalized spacial score (nSPS) is 17.7. The van der Waals surface area contributed by atoms with E-state index in [0.29, 0.717) is 0 Å². The number of aliphatic hydroxyl groups excluding tert-OH is 5. The predicted molar refractivity (Wildman–Crippen MR) is 49.8 cm³/mol. The maximum absolute atomic E-state index is 10.1. The molecule has 4 atom stereocenters. The van der Waals surface area contributed by atoms with Crippen LogP contribution in [0.3, 0.4) is 0 Å². The monoisotopic (exact) mass is 344 g/mol. The molecular weight excluding hydrogens is 329 g/mol. The molecule has 0 saturated carbocycles. The van der Waals surface area contributed by atoms with Gasteiger partial charge in [0.05, 0.1) is 6.61 Å². The molecule has 0 heterocycles. The van der Waals surface area contributed by atoms with Gasteiger partial charge in [-0.3, -0.25) is 0 Å². The first kappa shape index (κ1) is 21.4. The standard InChI is InChI=1S/C6H12O7.Na.Sb.4H/c7-1-2(8)3(9)4(10)5(11)6(12)13;;;;;;/h2-5,7-11H,1H2,(H,12,13);;;;;;/q;+1;;;;;-1/t2-,3-,4+,5-;;;;;;/m1....../s1. The summed E-state index contributed by atoms with van der Waals surface area (Å²) in [5.74, 6) is -1.73. The van der Waals surface area contributed by atoms with E-state index in [1.165, 1.54) is 0 Å². The summed E-state index contributed by atoms with van der Waals surface area (Å²) in [7, 11) is 0. The van der Waals surface area contributed by atoms with E-state index in [1.807, 2.05) is 0 Å². The molecule has 0 saturated heterocycles. The van der Waals surface area contributed by atoms with Gasteiger partial charge in [-0.2, -0.15) is 0 Å². The zero-order chi connectivity index (χ0) is 10.6. The minimum absolute atomic E-state index is 0. The third-order valence-electron chi connectivity index (χ3n) is 1.51. The molecular formula is C6H16NaO7Sb. The summed E-state index contributed by atoms with van der Waals surface area (Å²) in [4.78, 5) is 10.1. The van der Waals surface area contributed by atoms with E-state index < -0.39 is 37.0 Å². The molecule has 0 amide bonds. The summed E-state index contributed by atoms with van der Waals surface area (Å²) in [6.07, 6.45) is -7.84. The second-order valence-corrected chi connectivity index (χ2v) is 2.51. The van der Waals surface area contributed by atoms with E-state index in [0.717, 1.165) is 0 Å². The molecule has 0 spiro atoms. The molecule has 6 N–H and O–H groups in total. The van der Waals surface area contributed by atoms with Gasteiger partial charge in [-0.05, 0) is 0 Å². The minimum atomic E-state index is -2.20. The topological polar surface area (TPSA) is 138 Å². The summed E-state index contributed by atoms with van der Waals surface area (Å²) in [5, 5.41) is 51.8. The number of carboxylic acids is 1. The second kappa shape index (κ2) is 10.3. The van der Waals surface area contributed by atoms with Crippen molar-refractivity contribution < 1.29 is 66.4 Å². The van der Waals surface area contributed by atoms with Crippen LogP contribution in [0.2, 0.25) is 0 Å². The summed E-state index contributed by atoms with van der Waals surface area (Å²) in [6.45, 7) is -0.843. The Morgan fingerprint density at radius 2 is 1.53 bits per heavy atom. The Morgan fingerprint density at radius 3 is 1.80 bits per heavy atom. The van der Waals surface area contributed by atoms with Crippen molar-refractivity contribution in [3.63, 3.8) is 0 Å². The molecule has 0 rings (SSSR count). The molecule has 88 valence electrons. The van der Waals surface area contributed by atoms with Gasteiger partial charge in [0.15, 0.2) is 6.10 Å². The van der Waals surface area contributed by atoms with Crippen LogP contribution in [0.1, 0.15) is 1.43 Å². The van der Waals surface area contributed by atoms with Crippen molar-refractivity contribution in [1.29, 1.82) is 0 Å². The van der Waals surface area contributed by atoms with E-state index >= 15 is 0 Å². The van der Waals surface area contributed by atoms with Gasteiger partial charge in [0.25, 0.3) is 0 Å². The Balaban J connectivity index is -0.000000240. The van der Waals surface area contributed by atoms with Crippen LogP contribution in [0.15, 0.2) is 0 Å². The van der Waals surface area contributed by atoms with Crippen LogP contribution in [0.5, 0.6) is 0 Å². The van der Waals surface area contributed by atoms with Crippen LogP contribution >= 0.6 is 0 Å². The fraction of sp³-hybridized carbons (Fsp3) is 0.833. The zero-order valence-electron chi connectivity index (χ0n) is 9.32. The number of aliphatic carboxylic acids is 1.